The third kappa shape index (κ3) is 4.90. The Morgan fingerprint density at radius 2 is 1.76 bits per heavy atom. The fourth-order valence-corrected chi connectivity index (χ4v) is 2.29. The first-order valence-electron chi connectivity index (χ1n) is 7.12. The molecule has 2 N–H and O–H groups in total. The van der Waals surface area contributed by atoms with E-state index in [-0.39, 0.29) is 17.4 Å². The lowest BCUT2D eigenvalue weighted by Gasteiger charge is -2.16. The molecule has 0 aliphatic rings. The predicted octanol–water partition coefficient (Wildman–Crippen LogP) is 3.92. The van der Waals surface area contributed by atoms with E-state index in [0.717, 1.165) is 6.07 Å². The molecular weight excluding hydrogens is 361 g/mol. The summed E-state index contributed by atoms with van der Waals surface area (Å²) in [5.74, 6) is 1.04. The zero-order chi connectivity index (χ0) is 18.6. The summed E-state index contributed by atoms with van der Waals surface area (Å²) >= 11 is 5.81. The third-order valence-electron chi connectivity index (χ3n) is 3.39. The molecule has 0 radical (unpaired) electrons. The summed E-state index contributed by atoms with van der Waals surface area (Å²) in [6.07, 6.45) is -4.83. The summed E-state index contributed by atoms with van der Waals surface area (Å²) in [6.45, 7) is -0.0194. The van der Waals surface area contributed by atoms with Gasteiger partial charge in [0.1, 0.15) is 17.3 Å². The molecule has 0 fully saturated rings. The number of anilines is 1. The van der Waals surface area contributed by atoms with Gasteiger partial charge in [0.2, 0.25) is 0 Å². The van der Waals surface area contributed by atoms with Crippen LogP contribution in [0.1, 0.15) is 17.2 Å². The monoisotopic (exact) mass is 376 g/mol. The third-order valence-corrected chi connectivity index (χ3v) is 3.68. The highest BCUT2D eigenvalue weighted by molar-refractivity contribution is 6.32. The molecule has 0 aliphatic carbocycles. The van der Waals surface area contributed by atoms with Crippen molar-refractivity contribution in [3.05, 3.63) is 46.6 Å². The molecule has 0 bridgehead atoms. The van der Waals surface area contributed by atoms with Gasteiger partial charge in [-0.2, -0.15) is 13.2 Å². The summed E-state index contributed by atoms with van der Waals surface area (Å²) in [4.78, 5) is 3.65. The number of rotatable bonds is 6. The SMILES string of the molecule is COc1cc(OC)cc(C(O)CNc2ncc(C(F)(F)F)cc2Cl)c1. The van der Waals surface area contributed by atoms with Crippen LogP contribution in [0.15, 0.2) is 30.5 Å². The molecule has 2 aromatic rings. The smallest absolute Gasteiger partial charge is 0.417 e. The van der Waals surface area contributed by atoms with E-state index in [1.807, 2.05) is 0 Å². The zero-order valence-corrected chi connectivity index (χ0v) is 14.1. The topological polar surface area (TPSA) is 63.6 Å². The van der Waals surface area contributed by atoms with Crippen LogP contribution in [0.3, 0.4) is 0 Å². The molecule has 25 heavy (non-hydrogen) atoms. The summed E-state index contributed by atoms with van der Waals surface area (Å²) in [6, 6.07) is 5.67. The van der Waals surface area contributed by atoms with Crippen molar-refractivity contribution in [3.8, 4) is 11.5 Å². The van der Waals surface area contributed by atoms with Crippen molar-refractivity contribution in [2.45, 2.75) is 12.3 Å². The Hall–Kier alpha value is -2.19. The number of benzene rings is 1. The Balaban J connectivity index is 2.11. The average Bonchev–Trinajstić information content (AvgIpc) is 2.58. The molecule has 136 valence electrons. The van der Waals surface area contributed by atoms with Crippen molar-refractivity contribution in [2.24, 2.45) is 0 Å². The number of nitrogens with one attached hydrogen (secondary N) is 1. The van der Waals surface area contributed by atoms with Crippen LogP contribution in [0, 0.1) is 0 Å². The van der Waals surface area contributed by atoms with Gasteiger partial charge in [-0.25, -0.2) is 4.98 Å². The van der Waals surface area contributed by atoms with Crippen molar-refractivity contribution in [1.82, 2.24) is 4.98 Å². The van der Waals surface area contributed by atoms with Crippen molar-refractivity contribution >= 4 is 17.4 Å². The summed E-state index contributed by atoms with van der Waals surface area (Å²) in [5.41, 5.74) is -0.437. The minimum absolute atomic E-state index is 0.0194. The van der Waals surface area contributed by atoms with E-state index in [1.54, 1.807) is 18.2 Å². The quantitative estimate of drug-likeness (QED) is 0.800. The molecule has 0 aliphatic heterocycles. The van der Waals surface area contributed by atoms with E-state index < -0.39 is 17.8 Å². The van der Waals surface area contributed by atoms with Gasteiger partial charge in [-0.15, -0.1) is 0 Å². The van der Waals surface area contributed by atoms with Crippen molar-refractivity contribution < 1.29 is 27.8 Å². The normalized spacial score (nSPS) is 12.6. The number of ether oxygens (including phenoxy) is 2. The van der Waals surface area contributed by atoms with Crippen molar-refractivity contribution in [1.29, 1.82) is 0 Å². The Kier molecular flexibility index (Phi) is 5.97. The molecule has 5 nitrogen and oxygen atoms in total. The zero-order valence-electron chi connectivity index (χ0n) is 13.4. The van der Waals surface area contributed by atoms with E-state index in [2.05, 4.69) is 10.3 Å². The van der Waals surface area contributed by atoms with Gasteiger partial charge < -0.3 is 19.9 Å². The number of aromatic nitrogens is 1. The van der Waals surface area contributed by atoms with E-state index in [0.29, 0.717) is 23.3 Å². The van der Waals surface area contributed by atoms with Crippen LogP contribution in [0.25, 0.3) is 0 Å². The summed E-state index contributed by atoms with van der Waals surface area (Å²) in [7, 11) is 2.96. The first kappa shape index (κ1) is 19.1. The van der Waals surface area contributed by atoms with Gasteiger partial charge in [0.15, 0.2) is 0 Å². The molecule has 0 amide bonds. The maximum Gasteiger partial charge on any atom is 0.417 e. The molecule has 1 atom stereocenters. The Morgan fingerprint density at radius 3 is 2.24 bits per heavy atom. The van der Waals surface area contributed by atoms with Crippen LogP contribution in [0.5, 0.6) is 11.5 Å². The number of aliphatic hydroxyl groups is 1. The van der Waals surface area contributed by atoms with Gasteiger partial charge in [-0.05, 0) is 23.8 Å². The number of pyridine rings is 1. The molecule has 9 heteroatoms. The van der Waals surface area contributed by atoms with Gasteiger partial charge in [-0.3, -0.25) is 0 Å². The Bertz CT molecular complexity index is 719. The fourth-order valence-electron chi connectivity index (χ4n) is 2.06. The standard InChI is InChI=1S/C16H16ClF3N2O3/c1-24-11-3-9(4-12(6-11)25-2)14(23)8-22-15-13(17)5-10(7-21-15)16(18,19)20/h3-7,14,23H,8H2,1-2H3,(H,21,22). The van der Waals surface area contributed by atoms with Gasteiger partial charge in [0.05, 0.1) is 30.9 Å². The first-order valence-corrected chi connectivity index (χ1v) is 7.50. The number of nitrogens with zero attached hydrogens (tertiary/aromatic N) is 1. The Morgan fingerprint density at radius 1 is 1.16 bits per heavy atom. The van der Waals surface area contributed by atoms with Crippen molar-refractivity contribution in [2.75, 3.05) is 26.1 Å². The predicted molar refractivity (Wildman–Crippen MR) is 87.2 cm³/mol. The number of hydrogen-bond acceptors (Lipinski definition) is 5. The fraction of sp³-hybridized carbons (Fsp3) is 0.312. The first-order chi connectivity index (χ1) is 11.7. The minimum atomic E-state index is -4.52. The molecule has 1 aromatic carbocycles. The number of methoxy groups -OCH3 is 2. The minimum Gasteiger partial charge on any atom is -0.497 e. The maximum absolute atomic E-state index is 12.6. The highest BCUT2D eigenvalue weighted by atomic mass is 35.5. The van der Waals surface area contributed by atoms with Gasteiger partial charge in [0, 0.05) is 18.8 Å². The largest absolute Gasteiger partial charge is 0.497 e. The molecule has 2 rings (SSSR count). The second kappa shape index (κ2) is 7.79. The van der Waals surface area contributed by atoms with Crippen LogP contribution in [0.2, 0.25) is 5.02 Å². The second-order valence-corrected chi connectivity index (χ2v) is 5.50. The number of aliphatic hydroxyl groups excluding tert-OH is 1. The van der Waals surface area contributed by atoms with E-state index in [1.165, 1.54) is 14.2 Å². The van der Waals surface area contributed by atoms with Crippen LogP contribution in [-0.4, -0.2) is 30.9 Å². The van der Waals surface area contributed by atoms with Crippen LogP contribution >= 0.6 is 11.6 Å². The lowest BCUT2D eigenvalue weighted by molar-refractivity contribution is -0.137. The van der Waals surface area contributed by atoms with Gasteiger partial charge in [-0.1, -0.05) is 11.6 Å². The molecule has 0 saturated heterocycles. The number of hydrogen-bond donors (Lipinski definition) is 2. The van der Waals surface area contributed by atoms with Crippen LogP contribution in [-0.2, 0) is 6.18 Å². The Labute approximate surface area is 147 Å². The van der Waals surface area contributed by atoms with E-state index in [4.69, 9.17) is 21.1 Å². The molecular formula is C16H16ClF3N2O3. The van der Waals surface area contributed by atoms with E-state index >= 15 is 0 Å². The highest BCUT2D eigenvalue weighted by Gasteiger charge is 2.31. The van der Waals surface area contributed by atoms with E-state index in [9.17, 15) is 18.3 Å². The van der Waals surface area contributed by atoms with Crippen LogP contribution < -0.4 is 14.8 Å². The number of alkyl halides is 3. The number of halogens is 4. The lowest BCUT2D eigenvalue weighted by atomic mass is 10.1. The maximum atomic E-state index is 12.6. The average molecular weight is 377 g/mol. The lowest BCUT2D eigenvalue weighted by Crippen LogP contribution is -2.14. The summed E-state index contributed by atoms with van der Waals surface area (Å²) in [5, 5.41) is 12.8. The molecule has 0 spiro atoms. The van der Waals surface area contributed by atoms with Gasteiger partial charge >= 0.3 is 6.18 Å². The van der Waals surface area contributed by atoms with Gasteiger partial charge in [0.25, 0.3) is 0 Å². The molecule has 1 aromatic heterocycles. The molecule has 1 heterocycles. The highest BCUT2D eigenvalue weighted by Crippen LogP contribution is 2.32. The molecule has 0 saturated carbocycles. The summed E-state index contributed by atoms with van der Waals surface area (Å²) < 4.78 is 48.0. The second-order valence-electron chi connectivity index (χ2n) is 5.09. The van der Waals surface area contributed by atoms with Crippen LogP contribution in [0.4, 0.5) is 19.0 Å². The molecule has 1 unspecified atom stereocenters. The van der Waals surface area contributed by atoms with Crippen molar-refractivity contribution in [3.63, 3.8) is 0 Å².